The van der Waals surface area contributed by atoms with E-state index in [0.29, 0.717) is 6.54 Å². The number of hydrogen-bond acceptors (Lipinski definition) is 2. The lowest BCUT2D eigenvalue weighted by Gasteiger charge is -2.43. The lowest BCUT2D eigenvalue weighted by atomic mass is 9.86. The standard InChI is InChI=1S/C19H26N2/c1-4-19(15-20,14-17-11-6-5-7-12-17)21(3)18-13-9-8-10-16(18)2/h5-13H,4,14-15,20H2,1-3H3. The fourth-order valence-corrected chi connectivity index (χ4v) is 3.01. The quantitative estimate of drug-likeness (QED) is 0.873. The minimum Gasteiger partial charge on any atom is -0.367 e. The van der Waals surface area contributed by atoms with E-state index in [9.17, 15) is 0 Å². The molecule has 2 rings (SSSR count). The van der Waals surface area contributed by atoms with Gasteiger partial charge in [0.2, 0.25) is 0 Å². The van der Waals surface area contributed by atoms with Crippen LogP contribution in [0.4, 0.5) is 5.69 Å². The molecule has 0 aliphatic rings. The third-order valence-corrected chi connectivity index (χ3v) is 4.60. The number of anilines is 1. The maximum atomic E-state index is 6.21. The van der Waals surface area contributed by atoms with E-state index >= 15 is 0 Å². The Morgan fingerprint density at radius 2 is 1.62 bits per heavy atom. The number of nitrogens with zero attached hydrogens (tertiary/aromatic N) is 1. The second kappa shape index (κ2) is 6.77. The number of para-hydroxylation sites is 1. The topological polar surface area (TPSA) is 29.3 Å². The Morgan fingerprint density at radius 1 is 1.00 bits per heavy atom. The number of benzene rings is 2. The van der Waals surface area contributed by atoms with Gasteiger partial charge < -0.3 is 10.6 Å². The Balaban J connectivity index is 2.35. The molecule has 112 valence electrons. The molecule has 21 heavy (non-hydrogen) atoms. The van der Waals surface area contributed by atoms with Gasteiger partial charge in [0, 0.05) is 19.3 Å². The Labute approximate surface area is 128 Å². The maximum Gasteiger partial charge on any atom is 0.0558 e. The summed E-state index contributed by atoms with van der Waals surface area (Å²) in [5.41, 5.74) is 10.1. The Morgan fingerprint density at radius 3 is 2.19 bits per heavy atom. The molecule has 0 saturated heterocycles. The van der Waals surface area contributed by atoms with Crippen molar-refractivity contribution in [3.8, 4) is 0 Å². The fourth-order valence-electron chi connectivity index (χ4n) is 3.01. The summed E-state index contributed by atoms with van der Waals surface area (Å²) in [6.45, 7) is 5.03. The summed E-state index contributed by atoms with van der Waals surface area (Å²) in [6.07, 6.45) is 1.98. The highest BCUT2D eigenvalue weighted by Crippen LogP contribution is 2.30. The minimum atomic E-state index is -0.0481. The average Bonchev–Trinajstić information content (AvgIpc) is 2.53. The van der Waals surface area contributed by atoms with Crippen LogP contribution in [-0.4, -0.2) is 19.1 Å². The van der Waals surface area contributed by atoms with Gasteiger partial charge in [0.25, 0.3) is 0 Å². The number of nitrogens with two attached hydrogens (primary N) is 1. The summed E-state index contributed by atoms with van der Waals surface area (Å²) in [5, 5.41) is 0. The van der Waals surface area contributed by atoms with Crippen molar-refractivity contribution in [3.05, 3.63) is 65.7 Å². The number of likely N-dealkylation sites (N-methyl/N-ethyl adjacent to an activating group) is 1. The van der Waals surface area contributed by atoms with Crippen LogP contribution in [0.1, 0.15) is 24.5 Å². The van der Waals surface area contributed by atoms with Gasteiger partial charge in [-0.25, -0.2) is 0 Å². The van der Waals surface area contributed by atoms with E-state index in [-0.39, 0.29) is 5.54 Å². The molecule has 0 radical (unpaired) electrons. The van der Waals surface area contributed by atoms with Crippen molar-refractivity contribution in [2.45, 2.75) is 32.2 Å². The van der Waals surface area contributed by atoms with Crippen LogP contribution in [0.3, 0.4) is 0 Å². The third-order valence-electron chi connectivity index (χ3n) is 4.60. The van der Waals surface area contributed by atoms with Gasteiger partial charge >= 0.3 is 0 Å². The Kier molecular flexibility index (Phi) is 5.03. The molecular weight excluding hydrogens is 256 g/mol. The van der Waals surface area contributed by atoms with Crippen molar-refractivity contribution in [3.63, 3.8) is 0 Å². The molecule has 0 aliphatic heterocycles. The number of rotatable bonds is 6. The second-order valence-corrected chi connectivity index (χ2v) is 5.79. The summed E-state index contributed by atoms with van der Waals surface area (Å²) >= 11 is 0. The molecular formula is C19H26N2. The number of hydrogen-bond donors (Lipinski definition) is 1. The van der Waals surface area contributed by atoms with E-state index in [1.807, 2.05) is 0 Å². The van der Waals surface area contributed by atoms with E-state index in [0.717, 1.165) is 12.8 Å². The van der Waals surface area contributed by atoms with E-state index in [1.165, 1.54) is 16.8 Å². The molecule has 1 unspecified atom stereocenters. The van der Waals surface area contributed by atoms with Crippen LogP contribution in [-0.2, 0) is 6.42 Å². The van der Waals surface area contributed by atoms with Crippen molar-refractivity contribution in [1.82, 2.24) is 0 Å². The van der Waals surface area contributed by atoms with Crippen molar-refractivity contribution < 1.29 is 0 Å². The first kappa shape index (κ1) is 15.6. The van der Waals surface area contributed by atoms with Crippen LogP contribution in [0.15, 0.2) is 54.6 Å². The molecule has 0 spiro atoms. The van der Waals surface area contributed by atoms with Crippen LogP contribution < -0.4 is 10.6 Å². The Bertz CT molecular complexity index is 559. The van der Waals surface area contributed by atoms with Gasteiger partial charge in [-0.15, -0.1) is 0 Å². The van der Waals surface area contributed by atoms with Gasteiger partial charge in [0.05, 0.1) is 5.54 Å². The second-order valence-electron chi connectivity index (χ2n) is 5.79. The number of aryl methyl sites for hydroxylation is 1. The van der Waals surface area contributed by atoms with Gasteiger partial charge in [-0.05, 0) is 37.0 Å². The predicted molar refractivity (Wildman–Crippen MR) is 91.8 cm³/mol. The largest absolute Gasteiger partial charge is 0.367 e. The molecule has 0 aromatic heterocycles. The SMILES string of the molecule is CCC(CN)(Cc1ccccc1)N(C)c1ccccc1C. The molecule has 2 N–H and O–H groups in total. The van der Waals surface area contributed by atoms with E-state index in [4.69, 9.17) is 5.73 Å². The van der Waals surface area contributed by atoms with Crippen LogP contribution in [0.25, 0.3) is 0 Å². The average molecular weight is 282 g/mol. The maximum absolute atomic E-state index is 6.21. The van der Waals surface area contributed by atoms with Crippen molar-refractivity contribution in [2.75, 3.05) is 18.5 Å². The first-order chi connectivity index (χ1) is 10.1. The molecule has 0 fully saturated rings. The highest BCUT2D eigenvalue weighted by atomic mass is 15.2. The molecule has 2 aromatic rings. The zero-order valence-corrected chi connectivity index (χ0v) is 13.3. The summed E-state index contributed by atoms with van der Waals surface area (Å²) < 4.78 is 0. The van der Waals surface area contributed by atoms with Crippen LogP contribution in [0.5, 0.6) is 0 Å². The van der Waals surface area contributed by atoms with Crippen molar-refractivity contribution >= 4 is 5.69 Å². The summed E-state index contributed by atoms with van der Waals surface area (Å²) in [6, 6.07) is 19.1. The highest BCUT2D eigenvalue weighted by Gasteiger charge is 2.32. The van der Waals surface area contributed by atoms with Gasteiger partial charge in [0.15, 0.2) is 0 Å². The molecule has 2 nitrogen and oxygen atoms in total. The summed E-state index contributed by atoms with van der Waals surface area (Å²) in [7, 11) is 2.17. The van der Waals surface area contributed by atoms with E-state index in [2.05, 4.69) is 80.4 Å². The third kappa shape index (κ3) is 3.27. The lowest BCUT2D eigenvalue weighted by Crippen LogP contribution is -2.54. The molecule has 0 amide bonds. The molecule has 2 aromatic carbocycles. The zero-order chi connectivity index (χ0) is 15.3. The van der Waals surface area contributed by atoms with Crippen LogP contribution >= 0.6 is 0 Å². The normalized spacial score (nSPS) is 13.7. The van der Waals surface area contributed by atoms with Gasteiger partial charge in [0.1, 0.15) is 0 Å². The summed E-state index contributed by atoms with van der Waals surface area (Å²) in [5.74, 6) is 0. The Hall–Kier alpha value is -1.80. The van der Waals surface area contributed by atoms with Crippen LogP contribution in [0, 0.1) is 6.92 Å². The van der Waals surface area contributed by atoms with E-state index < -0.39 is 0 Å². The fraction of sp³-hybridized carbons (Fsp3) is 0.368. The molecule has 0 aliphatic carbocycles. The lowest BCUT2D eigenvalue weighted by molar-refractivity contribution is 0.395. The first-order valence-corrected chi connectivity index (χ1v) is 7.66. The molecule has 0 saturated carbocycles. The monoisotopic (exact) mass is 282 g/mol. The zero-order valence-electron chi connectivity index (χ0n) is 13.3. The molecule has 0 bridgehead atoms. The van der Waals surface area contributed by atoms with Crippen LogP contribution in [0.2, 0.25) is 0 Å². The van der Waals surface area contributed by atoms with Gasteiger partial charge in [-0.2, -0.15) is 0 Å². The van der Waals surface area contributed by atoms with Gasteiger partial charge in [-0.1, -0.05) is 55.5 Å². The predicted octanol–water partition coefficient (Wildman–Crippen LogP) is 3.78. The molecule has 2 heteroatoms. The van der Waals surface area contributed by atoms with Crippen molar-refractivity contribution in [1.29, 1.82) is 0 Å². The van der Waals surface area contributed by atoms with E-state index in [1.54, 1.807) is 0 Å². The minimum absolute atomic E-state index is 0.0481. The first-order valence-electron chi connectivity index (χ1n) is 7.66. The van der Waals surface area contributed by atoms with Crippen molar-refractivity contribution in [2.24, 2.45) is 5.73 Å². The molecule has 1 atom stereocenters. The smallest absolute Gasteiger partial charge is 0.0558 e. The molecule has 0 heterocycles. The summed E-state index contributed by atoms with van der Waals surface area (Å²) in [4.78, 5) is 2.37. The highest BCUT2D eigenvalue weighted by molar-refractivity contribution is 5.55. The van der Waals surface area contributed by atoms with Gasteiger partial charge in [-0.3, -0.25) is 0 Å².